The second-order valence-electron chi connectivity index (χ2n) is 2.28. The topological polar surface area (TPSA) is 59.1 Å². The minimum absolute atomic E-state index is 0.192. The first-order chi connectivity index (χ1) is 5.65. The van der Waals surface area contributed by atoms with Crippen LogP contribution in [0.5, 0.6) is 0 Å². The van der Waals surface area contributed by atoms with Crippen molar-refractivity contribution in [2.75, 3.05) is 5.73 Å². The molecule has 66 valence electrons. The first kappa shape index (κ1) is 8.86. The number of alkyl halides is 2. The van der Waals surface area contributed by atoms with E-state index in [2.05, 4.69) is 4.98 Å². The lowest BCUT2D eigenvalue weighted by Crippen LogP contribution is -1.99. The lowest BCUT2D eigenvalue weighted by Gasteiger charge is -2.04. The molecule has 5 heteroatoms. The molecule has 0 saturated carbocycles. The minimum atomic E-state index is -2.65. The summed E-state index contributed by atoms with van der Waals surface area (Å²) in [6.07, 6.45) is -1.38. The van der Waals surface area contributed by atoms with Gasteiger partial charge in [0.25, 0.3) is 6.43 Å². The van der Waals surface area contributed by atoms with E-state index in [1.807, 2.05) is 0 Å². The normalized spacial score (nSPS) is 10.7. The van der Waals surface area contributed by atoms with Crippen molar-refractivity contribution in [2.24, 2.45) is 0 Å². The molecule has 1 rings (SSSR count). The third kappa shape index (κ3) is 1.68. The molecule has 12 heavy (non-hydrogen) atoms. The van der Waals surface area contributed by atoms with Crippen molar-refractivity contribution in [1.82, 2.24) is 4.98 Å². The van der Waals surface area contributed by atoms with Crippen LogP contribution in [0.2, 0.25) is 0 Å². The van der Waals surface area contributed by atoms with Crippen LogP contribution in [0.25, 0.3) is 0 Å². The molecule has 1 aromatic rings. The molecule has 0 saturated heterocycles. The number of nitrogens with zero attached hydrogens (tertiary/aromatic N) is 1. The zero-order chi connectivity index (χ0) is 9.14. The Hall–Kier alpha value is -1.23. The molecule has 3 nitrogen and oxygen atoms in total. The number of hydrogen-bond acceptors (Lipinski definition) is 3. The third-order valence-corrected chi connectivity index (χ3v) is 1.42. The maximum atomic E-state index is 12.1. The van der Waals surface area contributed by atoms with Gasteiger partial charge in [0, 0.05) is 6.20 Å². The number of aliphatic hydroxyl groups excluding tert-OH is 1. The number of nitrogens with two attached hydrogens (primary N) is 1. The summed E-state index contributed by atoms with van der Waals surface area (Å²) in [7, 11) is 0. The Bertz CT molecular complexity index is 278. The van der Waals surface area contributed by atoms with Crippen LogP contribution < -0.4 is 5.73 Å². The summed E-state index contributed by atoms with van der Waals surface area (Å²) >= 11 is 0. The van der Waals surface area contributed by atoms with Gasteiger partial charge in [-0.25, -0.2) is 13.8 Å². The molecular formula is C7H8F2N2O. The fourth-order valence-electron chi connectivity index (χ4n) is 0.799. The number of hydrogen-bond donors (Lipinski definition) is 2. The average molecular weight is 174 g/mol. The van der Waals surface area contributed by atoms with Crippen LogP contribution >= 0.6 is 0 Å². The van der Waals surface area contributed by atoms with Gasteiger partial charge in [-0.05, 0) is 11.6 Å². The largest absolute Gasteiger partial charge is 0.392 e. The predicted molar refractivity (Wildman–Crippen MR) is 39.5 cm³/mol. The summed E-state index contributed by atoms with van der Waals surface area (Å²) in [5.41, 5.74) is 5.17. The third-order valence-electron chi connectivity index (χ3n) is 1.42. The maximum Gasteiger partial charge on any atom is 0.267 e. The highest BCUT2D eigenvalue weighted by Crippen LogP contribution is 2.23. The van der Waals surface area contributed by atoms with E-state index in [4.69, 9.17) is 10.8 Å². The van der Waals surface area contributed by atoms with Crippen molar-refractivity contribution in [3.63, 3.8) is 0 Å². The summed E-state index contributed by atoms with van der Waals surface area (Å²) in [4.78, 5) is 3.51. The Morgan fingerprint density at radius 1 is 1.58 bits per heavy atom. The van der Waals surface area contributed by atoms with E-state index in [1.165, 1.54) is 6.20 Å². The maximum absolute atomic E-state index is 12.1. The fourth-order valence-corrected chi connectivity index (χ4v) is 0.799. The van der Waals surface area contributed by atoms with Gasteiger partial charge in [0.1, 0.15) is 5.82 Å². The number of anilines is 1. The zero-order valence-electron chi connectivity index (χ0n) is 6.17. The molecule has 0 bridgehead atoms. The van der Waals surface area contributed by atoms with Gasteiger partial charge in [0.2, 0.25) is 0 Å². The van der Waals surface area contributed by atoms with E-state index in [0.29, 0.717) is 5.56 Å². The quantitative estimate of drug-likeness (QED) is 0.705. The SMILES string of the molecule is Nc1ncc(CO)cc1C(F)F. The molecule has 0 aliphatic rings. The fraction of sp³-hybridized carbons (Fsp3) is 0.286. The van der Waals surface area contributed by atoms with Crippen molar-refractivity contribution in [3.05, 3.63) is 23.4 Å². The van der Waals surface area contributed by atoms with Gasteiger partial charge in [-0.3, -0.25) is 0 Å². The van der Waals surface area contributed by atoms with Crippen molar-refractivity contribution < 1.29 is 13.9 Å². The Labute approximate surface area is 67.8 Å². The molecule has 3 N–H and O–H groups in total. The van der Waals surface area contributed by atoms with Crippen LogP contribution in [-0.4, -0.2) is 10.1 Å². The average Bonchev–Trinajstić information content (AvgIpc) is 2.05. The number of pyridine rings is 1. The summed E-state index contributed by atoms with van der Waals surface area (Å²) in [6, 6.07) is 1.15. The van der Waals surface area contributed by atoms with Crippen LogP contribution in [0.15, 0.2) is 12.3 Å². The minimum Gasteiger partial charge on any atom is -0.392 e. The number of rotatable bonds is 2. The van der Waals surface area contributed by atoms with Crippen LogP contribution in [0.3, 0.4) is 0 Å². The van der Waals surface area contributed by atoms with Gasteiger partial charge in [-0.2, -0.15) is 0 Å². The highest BCUT2D eigenvalue weighted by atomic mass is 19.3. The van der Waals surface area contributed by atoms with E-state index in [1.54, 1.807) is 0 Å². The van der Waals surface area contributed by atoms with Gasteiger partial charge in [-0.15, -0.1) is 0 Å². The molecule has 0 spiro atoms. The van der Waals surface area contributed by atoms with Gasteiger partial charge < -0.3 is 10.8 Å². The van der Waals surface area contributed by atoms with Gasteiger partial charge in [0.15, 0.2) is 0 Å². The van der Waals surface area contributed by atoms with E-state index in [9.17, 15) is 8.78 Å². The number of aromatic nitrogens is 1. The Kier molecular flexibility index (Phi) is 2.54. The van der Waals surface area contributed by atoms with E-state index < -0.39 is 6.43 Å². The molecular weight excluding hydrogens is 166 g/mol. The van der Waals surface area contributed by atoms with Crippen LogP contribution in [0, 0.1) is 0 Å². The molecule has 0 aliphatic carbocycles. The Morgan fingerprint density at radius 3 is 2.75 bits per heavy atom. The summed E-state index contributed by atoms with van der Waals surface area (Å²) in [6.45, 7) is -0.313. The predicted octanol–water partition coefficient (Wildman–Crippen LogP) is 1.09. The standard InChI is InChI=1S/C7H8F2N2O/c8-6(9)5-1-4(3-12)2-11-7(5)10/h1-2,6,12H,3H2,(H2,10,11). The molecule has 0 fully saturated rings. The number of aliphatic hydroxyl groups is 1. The monoisotopic (exact) mass is 174 g/mol. The number of nitrogen functional groups attached to an aromatic ring is 1. The van der Waals surface area contributed by atoms with E-state index in [-0.39, 0.29) is 18.0 Å². The van der Waals surface area contributed by atoms with Gasteiger partial charge in [0.05, 0.1) is 12.2 Å². The first-order valence-corrected chi connectivity index (χ1v) is 3.28. The molecule has 0 aliphatic heterocycles. The van der Waals surface area contributed by atoms with Gasteiger partial charge in [-0.1, -0.05) is 0 Å². The van der Waals surface area contributed by atoms with Crippen LogP contribution in [-0.2, 0) is 6.61 Å². The Balaban J connectivity index is 3.08. The second-order valence-corrected chi connectivity index (χ2v) is 2.28. The first-order valence-electron chi connectivity index (χ1n) is 3.28. The lowest BCUT2D eigenvalue weighted by molar-refractivity contribution is 0.151. The second kappa shape index (κ2) is 3.44. The van der Waals surface area contributed by atoms with Crippen molar-refractivity contribution in [1.29, 1.82) is 0 Å². The van der Waals surface area contributed by atoms with Crippen LogP contribution in [0.1, 0.15) is 17.6 Å². The highest BCUT2D eigenvalue weighted by molar-refractivity contribution is 5.41. The molecule has 0 aromatic carbocycles. The number of halogens is 2. The molecule has 0 radical (unpaired) electrons. The highest BCUT2D eigenvalue weighted by Gasteiger charge is 2.12. The molecule has 0 unspecified atom stereocenters. The smallest absolute Gasteiger partial charge is 0.267 e. The van der Waals surface area contributed by atoms with E-state index >= 15 is 0 Å². The molecule has 1 aromatic heterocycles. The lowest BCUT2D eigenvalue weighted by atomic mass is 10.2. The molecule has 0 amide bonds. The summed E-state index contributed by atoms with van der Waals surface area (Å²) in [5, 5.41) is 8.61. The Morgan fingerprint density at radius 2 is 2.25 bits per heavy atom. The summed E-state index contributed by atoms with van der Waals surface area (Å²) < 4.78 is 24.3. The van der Waals surface area contributed by atoms with Gasteiger partial charge >= 0.3 is 0 Å². The molecule has 0 atom stereocenters. The van der Waals surface area contributed by atoms with Crippen LogP contribution in [0.4, 0.5) is 14.6 Å². The van der Waals surface area contributed by atoms with Crippen molar-refractivity contribution >= 4 is 5.82 Å². The molecule has 1 heterocycles. The zero-order valence-corrected chi connectivity index (χ0v) is 6.17. The van der Waals surface area contributed by atoms with Crippen molar-refractivity contribution in [2.45, 2.75) is 13.0 Å². The van der Waals surface area contributed by atoms with E-state index in [0.717, 1.165) is 6.07 Å². The summed E-state index contributed by atoms with van der Waals surface area (Å²) in [5.74, 6) is -0.192. The van der Waals surface area contributed by atoms with Crippen molar-refractivity contribution in [3.8, 4) is 0 Å².